The summed E-state index contributed by atoms with van der Waals surface area (Å²) in [6.07, 6.45) is -2.87. The van der Waals surface area contributed by atoms with Gasteiger partial charge in [0.15, 0.2) is 0 Å². The number of carbonyl (C=O) groups excluding carboxylic acids is 1. The molecule has 1 saturated heterocycles. The van der Waals surface area contributed by atoms with Gasteiger partial charge in [0.1, 0.15) is 0 Å². The van der Waals surface area contributed by atoms with Gasteiger partial charge in [-0.1, -0.05) is 0 Å². The summed E-state index contributed by atoms with van der Waals surface area (Å²) in [5, 5.41) is 14.8. The third kappa shape index (κ3) is 6.71. The zero-order valence-electron chi connectivity index (χ0n) is 16.5. The predicted molar refractivity (Wildman–Crippen MR) is 102 cm³/mol. The first-order valence-electron chi connectivity index (χ1n) is 9.36. The molecular weight excluding hydrogens is 369 g/mol. The Morgan fingerprint density at radius 2 is 1.89 bits per heavy atom. The van der Waals surface area contributed by atoms with Crippen LogP contribution in [0.3, 0.4) is 0 Å². The van der Waals surface area contributed by atoms with E-state index < -0.39 is 11.7 Å². The highest BCUT2D eigenvalue weighted by atomic mass is 19.4. The monoisotopic (exact) mass is 396 g/mol. The summed E-state index contributed by atoms with van der Waals surface area (Å²) >= 11 is 0. The Bertz CT molecular complexity index is 726. The molecule has 0 unspecified atom stereocenters. The number of hydrogen-bond donors (Lipinski definition) is 2. The zero-order chi connectivity index (χ0) is 20.9. The summed E-state index contributed by atoms with van der Waals surface area (Å²) in [6, 6.07) is 5.23. The van der Waals surface area contributed by atoms with E-state index in [1.807, 2.05) is 26.8 Å². The second-order valence-corrected chi connectivity index (χ2v) is 8.27. The second-order valence-electron chi connectivity index (χ2n) is 8.27. The molecule has 0 aromatic heterocycles. The number of likely N-dealkylation sites (tertiary alicyclic amines) is 1. The number of benzene rings is 1. The van der Waals surface area contributed by atoms with Gasteiger partial charge in [0, 0.05) is 17.8 Å². The maximum atomic E-state index is 13.2. The van der Waals surface area contributed by atoms with Crippen molar-refractivity contribution in [2.75, 3.05) is 31.5 Å². The number of rotatable bonds is 5. The molecule has 0 spiro atoms. The van der Waals surface area contributed by atoms with Gasteiger partial charge in [0.05, 0.1) is 23.7 Å². The van der Waals surface area contributed by atoms with Gasteiger partial charge >= 0.3 is 6.18 Å². The Kier molecular flexibility index (Phi) is 6.94. The maximum Gasteiger partial charge on any atom is 0.418 e. The fourth-order valence-electron chi connectivity index (χ4n) is 3.27. The summed E-state index contributed by atoms with van der Waals surface area (Å²) in [7, 11) is 0. The summed E-state index contributed by atoms with van der Waals surface area (Å²) in [6.45, 7) is 7.99. The smallest absolute Gasteiger partial charge is 0.384 e. The Balaban J connectivity index is 1.88. The minimum atomic E-state index is -4.47. The van der Waals surface area contributed by atoms with Crippen LogP contribution in [0.1, 0.15) is 44.7 Å². The number of alkyl halides is 3. The minimum Gasteiger partial charge on any atom is -0.384 e. The molecule has 1 aromatic rings. The molecular formula is C20H27F3N4O. The molecule has 1 aliphatic rings. The topological polar surface area (TPSA) is 68.2 Å². The number of piperidine rings is 1. The fourth-order valence-corrected chi connectivity index (χ4v) is 3.27. The first-order valence-corrected chi connectivity index (χ1v) is 9.36. The van der Waals surface area contributed by atoms with Crippen LogP contribution in [-0.4, -0.2) is 42.5 Å². The van der Waals surface area contributed by atoms with E-state index in [4.69, 9.17) is 5.26 Å². The van der Waals surface area contributed by atoms with Gasteiger partial charge in [0.25, 0.3) is 0 Å². The lowest BCUT2D eigenvalue weighted by atomic mass is 9.96. The van der Waals surface area contributed by atoms with Crippen LogP contribution in [0.2, 0.25) is 0 Å². The molecule has 1 aliphatic heterocycles. The van der Waals surface area contributed by atoms with Crippen LogP contribution in [0, 0.1) is 17.2 Å². The predicted octanol–water partition coefficient (Wildman–Crippen LogP) is 3.62. The van der Waals surface area contributed by atoms with Crippen molar-refractivity contribution in [2.45, 2.75) is 45.3 Å². The molecule has 0 bridgehead atoms. The summed E-state index contributed by atoms with van der Waals surface area (Å²) in [5.41, 5.74) is -0.899. The lowest BCUT2D eigenvalue weighted by Crippen LogP contribution is -2.47. The van der Waals surface area contributed by atoms with Crippen LogP contribution >= 0.6 is 0 Å². The largest absolute Gasteiger partial charge is 0.418 e. The van der Waals surface area contributed by atoms with E-state index in [-0.39, 0.29) is 28.6 Å². The molecule has 2 N–H and O–H groups in total. The van der Waals surface area contributed by atoms with Gasteiger partial charge in [-0.15, -0.1) is 0 Å². The van der Waals surface area contributed by atoms with E-state index in [1.165, 1.54) is 12.1 Å². The molecule has 0 atom stereocenters. The van der Waals surface area contributed by atoms with Crippen molar-refractivity contribution in [2.24, 2.45) is 5.92 Å². The van der Waals surface area contributed by atoms with Gasteiger partial charge in [-0.05, 0) is 70.8 Å². The number of nitrogens with one attached hydrogen (secondary N) is 2. The Morgan fingerprint density at radius 3 is 2.43 bits per heavy atom. The molecule has 1 aromatic carbocycles. The van der Waals surface area contributed by atoms with Crippen LogP contribution in [0.25, 0.3) is 0 Å². The van der Waals surface area contributed by atoms with E-state index in [9.17, 15) is 18.0 Å². The quantitative estimate of drug-likeness (QED) is 0.798. The molecule has 2 rings (SSSR count). The number of nitrogens with zero attached hydrogens (tertiary/aromatic N) is 2. The number of nitriles is 1. The highest BCUT2D eigenvalue weighted by Crippen LogP contribution is 2.35. The van der Waals surface area contributed by atoms with Crippen LogP contribution < -0.4 is 10.6 Å². The molecule has 1 heterocycles. The van der Waals surface area contributed by atoms with Crippen LogP contribution in [0.15, 0.2) is 18.2 Å². The van der Waals surface area contributed by atoms with Crippen LogP contribution in [0.5, 0.6) is 0 Å². The number of anilines is 1. The molecule has 5 nitrogen and oxygen atoms in total. The van der Waals surface area contributed by atoms with E-state index in [2.05, 4.69) is 15.5 Å². The first-order chi connectivity index (χ1) is 13.0. The Morgan fingerprint density at radius 1 is 1.25 bits per heavy atom. The summed E-state index contributed by atoms with van der Waals surface area (Å²) < 4.78 is 39.5. The van der Waals surface area contributed by atoms with Crippen LogP contribution in [0.4, 0.5) is 18.9 Å². The molecule has 154 valence electrons. The van der Waals surface area contributed by atoms with Gasteiger partial charge in [-0.3, -0.25) is 9.69 Å². The van der Waals surface area contributed by atoms with Crippen molar-refractivity contribution in [1.29, 1.82) is 5.26 Å². The van der Waals surface area contributed by atoms with Crippen molar-refractivity contribution in [3.8, 4) is 6.07 Å². The molecule has 8 heteroatoms. The lowest BCUT2D eigenvalue weighted by Gasteiger charge is -2.32. The first kappa shape index (κ1) is 22.0. The van der Waals surface area contributed by atoms with E-state index in [0.717, 1.165) is 32.0 Å². The third-order valence-electron chi connectivity index (χ3n) is 4.62. The molecule has 1 amide bonds. The lowest BCUT2D eigenvalue weighted by molar-refractivity contribution is -0.137. The second kappa shape index (κ2) is 8.82. The number of halogens is 3. The van der Waals surface area contributed by atoms with Gasteiger partial charge in [0.2, 0.25) is 5.91 Å². The van der Waals surface area contributed by atoms with E-state index >= 15 is 0 Å². The van der Waals surface area contributed by atoms with E-state index in [0.29, 0.717) is 13.1 Å². The van der Waals surface area contributed by atoms with Gasteiger partial charge in [-0.25, -0.2) is 0 Å². The van der Waals surface area contributed by atoms with E-state index in [1.54, 1.807) is 0 Å². The number of amides is 1. The third-order valence-corrected chi connectivity index (χ3v) is 4.62. The van der Waals surface area contributed by atoms with Gasteiger partial charge in [-0.2, -0.15) is 18.4 Å². The zero-order valence-corrected chi connectivity index (χ0v) is 16.5. The molecule has 0 radical (unpaired) electrons. The minimum absolute atomic E-state index is 0.0211. The molecule has 0 saturated carbocycles. The maximum absolute atomic E-state index is 13.2. The Labute approximate surface area is 163 Å². The number of hydrogen-bond acceptors (Lipinski definition) is 4. The van der Waals surface area contributed by atoms with Crippen molar-refractivity contribution in [1.82, 2.24) is 10.2 Å². The fraction of sp³-hybridized carbons (Fsp3) is 0.600. The highest BCUT2D eigenvalue weighted by Gasteiger charge is 2.34. The van der Waals surface area contributed by atoms with Gasteiger partial charge < -0.3 is 10.6 Å². The average molecular weight is 396 g/mol. The SMILES string of the molecule is CC(C)(C)NC(=O)CN1CCC(CNc2cc(C#N)ccc2C(F)(F)F)CC1. The standard InChI is InChI=1S/C20H27F3N4O/c1-19(2,3)26-18(28)13-27-8-6-14(7-9-27)12-25-17-10-15(11-24)4-5-16(17)20(21,22)23/h4-5,10,14,25H,6-9,12-13H2,1-3H3,(H,26,28). The summed E-state index contributed by atoms with van der Waals surface area (Å²) in [4.78, 5) is 14.1. The molecule has 1 fully saturated rings. The molecule has 28 heavy (non-hydrogen) atoms. The Hall–Kier alpha value is -2.27. The van der Waals surface area contributed by atoms with Crippen LogP contribution in [-0.2, 0) is 11.0 Å². The van der Waals surface area contributed by atoms with Crippen molar-refractivity contribution in [3.63, 3.8) is 0 Å². The van der Waals surface area contributed by atoms with Crippen molar-refractivity contribution >= 4 is 11.6 Å². The normalized spacial score (nSPS) is 16.5. The highest BCUT2D eigenvalue weighted by molar-refractivity contribution is 5.78. The average Bonchev–Trinajstić information content (AvgIpc) is 2.58. The van der Waals surface area contributed by atoms with Crippen molar-refractivity contribution in [3.05, 3.63) is 29.3 Å². The number of carbonyl (C=O) groups is 1. The summed E-state index contributed by atoms with van der Waals surface area (Å²) in [5.74, 6) is 0.195. The van der Waals surface area contributed by atoms with Crippen molar-refractivity contribution < 1.29 is 18.0 Å². The molecule has 0 aliphatic carbocycles.